The topological polar surface area (TPSA) is 93.7 Å². The van der Waals surface area contributed by atoms with E-state index in [1.807, 2.05) is 12.1 Å². The van der Waals surface area contributed by atoms with Crippen molar-refractivity contribution in [1.82, 2.24) is 5.32 Å². The van der Waals surface area contributed by atoms with E-state index in [9.17, 15) is 14.4 Å². The molecule has 7 nitrogen and oxygen atoms in total. The lowest BCUT2D eigenvalue weighted by molar-refractivity contribution is -0.148. The number of carbonyl (C=O) groups excluding carboxylic acids is 3. The maximum absolute atomic E-state index is 12.4. The first kappa shape index (κ1) is 22.9. The van der Waals surface area contributed by atoms with Crippen molar-refractivity contribution in [2.75, 3.05) is 19.0 Å². The molecule has 1 atom stereocenters. The first-order valence-electron chi connectivity index (χ1n) is 9.62. The lowest BCUT2D eigenvalue weighted by Crippen LogP contribution is -2.40. The highest BCUT2D eigenvalue weighted by atomic mass is 16.5. The molecule has 2 aromatic carbocycles. The van der Waals surface area contributed by atoms with Crippen molar-refractivity contribution in [2.24, 2.45) is 0 Å². The summed E-state index contributed by atoms with van der Waals surface area (Å²) in [5.41, 5.74) is 2.06. The average Bonchev–Trinajstić information content (AvgIpc) is 2.71. The SMILES string of the molecule is COc1cccc(NC(=O)COC(=O)[C@H](C)NC(=O)c2ccc(C(C)(C)C)cc2)c1. The lowest BCUT2D eigenvalue weighted by atomic mass is 9.86. The molecule has 0 heterocycles. The number of ether oxygens (including phenoxy) is 2. The number of hydrogen-bond donors (Lipinski definition) is 2. The Labute approximate surface area is 176 Å². The third kappa shape index (κ3) is 6.62. The summed E-state index contributed by atoms with van der Waals surface area (Å²) in [6.45, 7) is 7.31. The highest BCUT2D eigenvalue weighted by Gasteiger charge is 2.20. The first-order valence-corrected chi connectivity index (χ1v) is 9.62. The molecule has 0 radical (unpaired) electrons. The molecule has 0 saturated heterocycles. The normalized spacial score (nSPS) is 11.9. The molecule has 160 valence electrons. The van der Waals surface area contributed by atoms with Gasteiger partial charge in [0.2, 0.25) is 0 Å². The van der Waals surface area contributed by atoms with Crippen molar-refractivity contribution >= 4 is 23.5 Å². The Kier molecular flexibility index (Phi) is 7.58. The van der Waals surface area contributed by atoms with Crippen LogP contribution in [0.1, 0.15) is 43.6 Å². The molecule has 2 N–H and O–H groups in total. The van der Waals surface area contributed by atoms with Crippen LogP contribution in [0.25, 0.3) is 0 Å². The molecule has 2 amide bonds. The van der Waals surface area contributed by atoms with Gasteiger partial charge in [-0.3, -0.25) is 9.59 Å². The number of nitrogens with one attached hydrogen (secondary N) is 2. The van der Waals surface area contributed by atoms with E-state index in [-0.39, 0.29) is 11.3 Å². The second-order valence-corrected chi connectivity index (χ2v) is 7.91. The van der Waals surface area contributed by atoms with E-state index in [1.54, 1.807) is 36.4 Å². The Morgan fingerprint density at radius 3 is 2.30 bits per heavy atom. The molecular formula is C23H28N2O5. The zero-order valence-electron chi connectivity index (χ0n) is 17.9. The van der Waals surface area contributed by atoms with Crippen molar-refractivity contribution in [3.8, 4) is 5.75 Å². The van der Waals surface area contributed by atoms with Crippen LogP contribution >= 0.6 is 0 Å². The summed E-state index contributed by atoms with van der Waals surface area (Å²) >= 11 is 0. The fourth-order valence-electron chi connectivity index (χ4n) is 2.62. The fourth-order valence-corrected chi connectivity index (χ4v) is 2.62. The quantitative estimate of drug-likeness (QED) is 0.681. The maximum Gasteiger partial charge on any atom is 0.328 e. The van der Waals surface area contributed by atoms with Crippen LogP contribution in [0.15, 0.2) is 48.5 Å². The van der Waals surface area contributed by atoms with Gasteiger partial charge in [0.25, 0.3) is 11.8 Å². The van der Waals surface area contributed by atoms with Crippen molar-refractivity contribution in [2.45, 2.75) is 39.2 Å². The van der Waals surface area contributed by atoms with Crippen molar-refractivity contribution in [1.29, 1.82) is 0 Å². The minimum absolute atomic E-state index is 0.0163. The van der Waals surface area contributed by atoms with Crippen molar-refractivity contribution in [3.63, 3.8) is 0 Å². The van der Waals surface area contributed by atoms with Crippen LogP contribution in [0.3, 0.4) is 0 Å². The minimum atomic E-state index is -0.899. The number of hydrogen-bond acceptors (Lipinski definition) is 5. The van der Waals surface area contributed by atoms with E-state index in [0.717, 1.165) is 5.56 Å². The summed E-state index contributed by atoms with van der Waals surface area (Å²) in [6, 6.07) is 13.1. The smallest absolute Gasteiger partial charge is 0.328 e. The predicted molar refractivity (Wildman–Crippen MR) is 115 cm³/mol. The molecule has 2 aromatic rings. The molecule has 0 saturated carbocycles. The summed E-state index contributed by atoms with van der Waals surface area (Å²) in [5.74, 6) is -0.985. The number of carbonyl (C=O) groups is 3. The average molecular weight is 412 g/mol. The monoisotopic (exact) mass is 412 g/mol. The zero-order valence-corrected chi connectivity index (χ0v) is 17.9. The van der Waals surface area contributed by atoms with Gasteiger partial charge in [0.15, 0.2) is 6.61 Å². The van der Waals surface area contributed by atoms with Gasteiger partial charge in [-0.25, -0.2) is 4.79 Å². The molecule has 0 aliphatic carbocycles. The lowest BCUT2D eigenvalue weighted by Gasteiger charge is -2.19. The molecule has 0 spiro atoms. The molecule has 0 aromatic heterocycles. The second kappa shape index (κ2) is 9.91. The number of esters is 1. The van der Waals surface area contributed by atoms with Gasteiger partial charge in [-0.1, -0.05) is 39.0 Å². The van der Waals surface area contributed by atoms with Crippen LogP contribution in [0.2, 0.25) is 0 Å². The molecular weight excluding hydrogens is 384 g/mol. The predicted octanol–water partition coefficient (Wildman–Crippen LogP) is 3.29. The molecule has 0 aliphatic heterocycles. The van der Waals surface area contributed by atoms with Crippen LogP contribution in [0, 0.1) is 0 Å². The molecule has 2 rings (SSSR count). The second-order valence-electron chi connectivity index (χ2n) is 7.91. The van der Waals surface area contributed by atoms with E-state index in [2.05, 4.69) is 31.4 Å². The van der Waals surface area contributed by atoms with Crippen molar-refractivity contribution < 1.29 is 23.9 Å². The van der Waals surface area contributed by atoms with Gasteiger partial charge in [0.05, 0.1) is 7.11 Å². The van der Waals surface area contributed by atoms with E-state index in [1.165, 1.54) is 14.0 Å². The van der Waals surface area contributed by atoms with Crippen LogP contribution in [-0.2, 0) is 19.7 Å². The Hall–Kier alpha value is -3.35. The van der Waals surface area contributed by atoms with E-state index < -0.39 is 24.5 Å². The van der Waals surface area contributed by atoms with Crippen LogP contribution < -0.4 is 15.4 Å². The maximum atomic E-state index is 12.4. The Morgan fingerprint density at radius 2 is 1.70 bits per heavy atom. The van der Waals surface area contributed by atoms with Crippen LogP contribution in [0.4, 0.5) is 5.69 Å². The summed E-state index contributed by atoms with van der Waals surface area (Å²) in [4.78, 5) is 36.4. The van der Waals surface area contributed by atoms with Gasteiger partial charge in [-0.05, 0) is 42.2 Å². The van der Waals surface area contributed by atoms with Gasteiger partial charge in [0.1, 0.15) is 11.8 Å². The summed E-state index contributed by atoms with van der Waals surface area (Å²) in [6.07, 6.45) is 0. The van der Waals surface area contributed by atoms with Gasteiger partial charge in [-0.2, -0.15) is 0 Å². The molecule has 0 aliphatic rings. The largest absolute Gasteiger partial charge is 0.497 e. The number of amides is 2. The van der Waals surface area contributed by atoms with Gasteiger partial charge < -0.3 is 20.1 Å². The third-order valence-corrected chi connectivity index (χ3v) is 4.41. The fraction of sp³-hybridized carbons (Fsp3) is 0.348. The number of anilines is 1. The van der Waals surface area contributed by atoms with E-state index >= 15 is 0 Å². The molecule has 0 unspecified atom stereocenters. The molecule has 30 heavy (non-hydrogen) atoms. The van der Waals surface area contributed by atoms with Gasteiger partial charge in [-0.15, -0.1) is 0 Å². The Morgan fingerprint density at radius 1 is 1.03 bits per heavy atom. The third-order valence-electron chi connectivity index (χ3n) is 4.41. The van der Waals surface area contributed by atoms with E-state index in [0.29, 0.717) is 17.0 Å². The van der Waals surface area contributed by atoms with Gasteiger partial charge >= 0.3 is 5.97 Å². The number of methoxy groups -OCH3 is 1. The highest BCUT2D eigenvalue weighted by molar-refractivity contribution is 5.97. The first-order chi connectivity index (χ1) is 14.1. The van der Waals surface area contributed by atoms with Gasteiger partial charge in [0, 0.05) is 17.3 Å². The summed E-state index contributed by atoms with van der Waals surface area (Å²) < 4.78 is 10.1. The molecule has 0 bridgehead atoms. The van der Waals surface area contributed by atoms with E-state index in [4.69, 9.17) is 9.47 Å². The highest BCUT2D eigenvalue weighted by Crippen LogP contribution is 2.22. The Balaban J connectivity index is 1.83. The summed E-state index contributed by atoms with van der Waals surface area (Å²) in [5, 5.41) is 5.19. The van der Waals surface area contributed by atoms with Crippen LogP contribution in [0.5, 0.6) is 5.75 Å². The standard InChI is InChI=1S/C23H28N2O5/c1-15(24-21(27)16-9-11-17(12-10-16)23(2,3)4)22(28)30-14-20(26)25-18-7-6-8-19(13-18)29-5/h6-13,15H,14H2,1-5H3,(H,24,27)(H,25,26)/t15-/m0/s1. The van der Waals surface area contributed by atoms with Crippen LogP contribution in [-0.4, -0.2) is 37.5 Å². The zero-order chi connectivity index (χ0) is 22.3. The molecule has 0 fully saturated rings. The number of rotatable bonds is 7. The Bertz CT molecular complexity index is 901. The number of benzene rings is 2. The summed E-state index contributed by atoms with van der Waals surface area (Å²) in [7, 11) is 1.53. The van der Waals surface area contributed by atoms with Crippen molar-refractivity contribution in [3.05, 3.63) is 59.7 Å². The minimum Gasteiger partial charge on any atom is -0.497 e. The molecule has 7 heteroatoms.